The third kappa shape index (κ3) is 4.95. The van der Waals surface area contributed by atoms with Crippen LogP contribution < -0.4 is 22.5 Å². The van der Waals surface area contributed by atoms with E-state index in [-0.39, 0.29) is 24.2 Å². The molecule has 1 spiro atoms. The van der Waals surface area contributed by atoms with Gasteiger partial charge in [0.25, 0.3) is 0 Å². The number of alkyl halides is 3. The molecule has 9 heteroatoms. The van der Waals surface area contributed by atoms with Crippen LogP contribution in [0.4, 0.5) is 13.2 Å². The predicted molar refractivity (Wildman–Crippen MR) is 124 cm³/mol. The molecular weight excluding hydrogens is 493 g/mol. The van der Waals surface area contributed by atoms with Crippen molar-refractivity contribution in [2.75, 3.05) is 33.4 Å². The highest BCUT2D eigenvalue weighted by molar-refractivity contribution is 5.82. The van der Waals surface area contributed by atoms with Gasteiger partial charge in [-0.15, -0.1) is 0 Å². The van der Waals surface area contributed by atoms with E-state index in [1.807, 2.05) is 48.5 Å². The first-order valence-electron chi connectivity index (χ1n) is 12.3. The first-order chi connectivity index (χ1) is 16.8. The number of hydrogen-bond donors (Lipinski definition) is 1. The topological polar surface area (TPSA) is 55.4 Å². The van der Waals surface area contributed by atoms with Gasteiger partial charge in [0.2, 0.25) is 5.91 Å². The van der Waals surface area contributed by atoms with Crippen molar-refractivity contribution in [1.82, 2.24) is 4.90 Å². The lowest BCUT2D eigenvalue weighted by molar-refractivity contribution is -0.640. The van der Waals surface area contributed by atoms with Gasteiger partial charge in [0.05, 0.1) is 45.2 Å². The van der Waals surface area contributed by atoms with Crippen LogP contribution in [0.15, 0.2) is 48.5 Å². The van der Waals surface area contributed by atoms with Gasteiger partial charge in [-0.1, -0.05) is 42.5 Å². The van der Waals surface area contributed by atoms with Crippen LogP contribution in [0.1, 0.15) is 41.9 Å². The fourth-order valence-electron chi connectivity index (χ4n) is 6.48. The summed E-state index contributed by atoms with van der Waals surface area (Å²) in [6, 6.07) is 14.6. The molecule has 2 aromatic rings. The third-order valence-electron chi connectivity index (χ3n) is 8.11. The molecule has 0 unspecified atom stereocenters. The number of ether oxygens (including phenoxy) is 2. The Balaban J connectivity index is 0.00000304. The summed E-state index contributed by atoms with van der Waals surface area (Å²) >= 11 is 0. The largest absolute Gasteiger partial charge is 1.00 e. The number of quaternary nitrogens is 1. The Morgan fingerprint density at radius 1 is 1.19 bits per heavy atom. The molecule has 196 valence electrons. The molecule has 0 bridgehead atoms. The van der Waals surface area contributed by atoms with Crippen molar-refractivity contribution in [3.63, 3.8) is 0 Å². The molecule has 5 nitrogen and oxygen atoms in total. The third-order valence-corrected chi connectivity index (χ3v) is 8.11. The van der Waals surface area contributed by atoms with Crippen molar-refractivity contribution < 1.29 is 45.2 Å². The highest BCUT2D eigenvalue weighted by Gasteiger charge is 2.56. The molecule has 36 heavy (non-hydrogen) atoms. The maximum Gasteiger partial charge on any atom is 0.391 e. The van der Waals surface area contributed by atoms with Gasteiger partial charge >= 0.3 is 6.18 Å². The Bertz CT molecular complexity index is 1070. The molecule has 2 aromatic carbocycles. The lowest BCUT2D eigenvalue weighted by Crippen LogP contribution is -3.00. The first-order valence-corrected chi connectivity index (χ1v) is 12.3. The van der Waals surface area contributed by atoms with E-state index in [1.165, 1.54) is 4.90 Å². The van der Waals surface area contributed by atoms with E-state index in [2.05, 4.69) is 5.32 Å². The van der Waals surface area contributed by atoms with E-state index in [0.717, 1.165) is 22.4 Å². The molecule has 3 heterocycles. The molecule has 0 aliphatic carbocycles. The van der Waals surface area contributed by atoms with Crippen molar-refractivity contribution in [2.45, 2.75) is 49.4 Å². The zero-order valence-corrected chi connectivity index (χ0v) is 21.0. The van der Waals surface area contributed by atoms with Crippen molar-refractivity contribution in [1.29, 1.82) is 0 Å². The van der Waals surface area contributed by atoms with Crippen LogP contribution in [0.2, 0.25) is 0 Å². The zero-order valence-electron chi connectivity index (χ0n) is 20.3. The molecule has 3 aliphatic heterocycles. The summed E-state index contributed by atoms with van der Waals surface area (Å²) < 4.78 is 52.4. The number of amides is 1. The molecule has 5 rings (SSSR count). The predicted octanol–water partition coefficient (Wildman–Crippen LogP) is 0.388. The average Bonchev–Trinajstić information content (AvgIpc) is 3.27. The van der Waals surface area contributed by atoms with Gasteiger partial charge in [-0.05, 0) is 36.0 Å². The number of fused-ring (bicyclic) bond motifs is 2. The lowest BCUT2D eigenvalue weighted by Gasteiger charge is -2.44. The fraction of sp³-hybridized carbons (Fsp3) is 0.519. The number of benzene rings is 2. The Labute approximate surface area is 215 Å². The summed E-state index contributed by atoms with van der Waals surface area (Å²) in [6.07, 6.45) is -4.34. The highest BCUT2D eigenvalue weighted by Crippen LogP contribution is 2.44. The van der Waals surface area contributed by atoms with Gasteiger partial charge in [0.15, 0.2) is 0 Å². The van der Waals surface area contributed by atoms with E-state index < -0.39 is 30.0 Å². The van der Waals surface area contributed by atoms with Crippen LogP contribution in [0.3, 0.4) is 0 Å². The Kier molecular flexibility index (Phi) is 7.88. The molecule has 1 amide bonds. The summed E-state index contributed by atoms with van der Waals surface area (Å²) in [4.78, 5) is 15.6. The van der Waals surface area contributed by atoms with Gasteiger partial charge in [0, 0.05) is 18.2 Å². The number of piperidine rings is 1. The maximum absolute atomic E-state index is 14.0. The van der Waals surface area contributed by atoms with E-state index in [4.69, 9.17) is 9.47 Å². The van der Waals surface area contributed by atoms with E-state index >= 15 is 0 Å². The second-order valence-corrected chi connectivity index (χ2v) is 10.1. The SMILES string of the molecule is COc1cccc2c1COC[C@]21C[NH2+]C[C@H]1C(=O)N1CC[C@@H](c2ccccc2)C[C@H]1CC(F)(F)F.[Cl-]. The summed E-state index contributed by atoms with van der Waals surface area (Å²) in [7, 11) is 1.61. The van der Waals surface area contributed by atoms with Crippen LogP contribution in [-0.2, 0) is 21.6 Å². The minimum atomic E-state index is -4.34. The first kappa shape index (κ1) is 26.8. The number of halogens is 4. The van der Waals surface area contributed by atoms with Gasteiger partial charge < -0.3 is 32.1 Å². The number of hydrogen-bond acceptors (Lipinski definition) is 3. The Hall–Kier alpha value is -2.29. The number of nitrogens with two attached hydrogens (primary N) is 1. The minimum Gasteiger partial charge on any atom is -1.00 e. The molecule has 0 radical (unpaired) electrons. The normalized spacial score (nSPS) is 27.9. The fourth-order valence-corrected chi connectivity index (χ4v) is 6.48. The van der Waals surface area contributed by atoms with E-state index in [1.54, 1.807) is 7.11 Å². The highest BCUT2D eigenvalue weighted by atomic mass is 35.5. The van der Waals surface area contributed by atoms with Gasteiger partial charge in [-0.3, -0.25) is 4.79 Å². The average molecular weight is 525 g/mol. The second-order valence-electron chi connectivity index (χ2n) is 10.1. The summed E-state index contributed by atoms with van der Waals surface area (Å²) in [5.74, 6) is 0.106. The Morgan fingerprint density at radius 2 is 1.97 bits per heavy atom. The second kappa shape index (κ2) is 10.6. The molecule has 3 aliphatic rings. The number of nitrogens with zero attached hydrogens (tertiary/aromatic N) is 1. The Morgan fingerprint density at radius 3 is 2.69 bits per heavy atom. The molecule has 0 saturated carbocycles. The molecule has 2 N–H and O–H groups in total. The van der Waals surface area contributed by atoms with Gasteiger partial charge in [0.1, 0.15) is 11.7 Å². The summed E-state index contributed by atoms with van der Waals surface area (Å²) in [5.41, 5.74) is 2.43. The van der Waals surface area contributed by atoms with Crippen molar-refractivity contribution >= 4 is 5.91 Å². The molecular formula is C27H32ClF3N2O3. The number of carbonyl (C=O) groups excluding carboxylic acids is 1. The van der Waals surface area contributed by atoms with Crippen molar-refractivity contribution in [2.24, 2.45) is 5.92 Å². The van der Waals surface area contributed by atoms with Crippen molar-refractivity contribution in [3.05, 3.63) is 65.2 Å². The van der Waals surface area contributed by atoms with Gasteiger partial charge in [-0.25, -0.2) is 0 Å². The zero-order chi connectivity index (χ0) is 24.6. The quantitative estimate of drug-likeness (QED) is 0.629. The minimum absolute atomic E-state index is 0. The molecule has 2 fully saturated rings. The molecule has 4 atom stereocenters. The lowest BCUT2D eigenvalue weighted by atomic mass is 9.69. The van der Waals surface area contributed by atoms with Crippen LogP contribution in [0, 0.1) is 5.92 Å². The molecule has 2 saturated heterocycles. The van der Waals surface area contributed by atoms with Gasteiger partial charge in [-0.2, -0.15) is 13.2 Å². The van der Waals surface area contributed by atoms with Crippen LogP contribution >= 0.6 is 0 Å². The number of carbonyl (C=O) groups is 1. The van der Waals surface area contributed by atoms with Crippen molar-refractivity contribution in [3.8, 4) is 5.75 Å². The van der Waals surface area contributed by atoms with E-state index in [9.17, 15) is 18.0 Å². The smallest absolute Gasteiger partial charge is 0.391 e. The number of methoxy groups -OCH3 is 1. The summed E-state index contributed by atoms with van der Waals surface area (Å²) in [6.45, 7) is 2.31. The summed E-state index contributed by atoms with van der Waals surface area (Å²) in [5, 5.41) is 2.09. The molecule has 0 aromatic heterocycles. The standard InChI is InChI=1S/C27H31F3N2O3.ClH/c1-34-24-9-5-8-22-21(24)15-35-17-26(22)16-31-14-23(26)25(33)32-11-10-19(18-6-3-2-4-7-18)12-20(32)13-27(28,29)30;/h2-9,19-20,23,31H,10-17H2,1H3;1H/t19-,20+,23+,26-;/m1./s1. The monoisotopic (exact) mass is 524 g/mol. The number of likely N-dealkylation sites (tertiary alicyclic amines) is 1. The maximum atomic E-state index is 14.0. The van der Waals surface area contributed by atoms with E-state index in [0.29, 0.717) is 45.7 Å². The van der Waals surface area contributed by atoms with Crippen LogP contribution in [0.5, 0.6) is 5.75 Å². The van der Waals surface area contributed by atoms with Crippen LogP contribution in [0.25, 0.3) is 0 Å². The number of rotatable bonds is 4. The van der Waals surface area contributed by atoms with Crippen LogP contribution in [-0.4, -0.2) is 56.4 Å².